The van der Waals surface area contributed by atoms with Crippen molar-refractivity contribution in [2.75, 3.05) is 6.54 Å². The molecule has 1 rings (SSSR count). The second-order valence-electron chi connectivity index (χ2n) is 3.40. The second-order valence-corrected chi connectivity index (χ2v) is 3.40. The van der Waals surface area contributed by atoms with E-state index >= 15 is 0 Å². The highest BCUT2D eigenvalue weighted by atomic mass is 16.5. The van der Waals surface area contributed by atoms with Gasteiger partial charge in [0.2, 0.25) is 6.41 Å². The molecule has 0 saturated heterocycles. The third-order valence-electron chi connectivity index (χ3n) is 2.41. The molecule has 0 aromatic carbocycles. The summed E-state index contributed by atoms with van der Waals surface area (Å²) in [6.07, 6.45) is 8.75. The van der Waals surface area contributed by atoms with Gasteiger partial charge >= 0.3 is 0 Å². The molecular formula is C9H16NO2. The Bertz CT molecular complexity index is 132. The maximum absolute atomic E-state index is 9.99. The van der Waals surface area contributed by atoms with Crippen LogP contribution >= 0.6 is 0 Å². The number of hydrogen-bond acceptors (Lipinski definition) is 2. The van der Waals surface area contributed by atoms with Crippen LogP contribution in [0.3, 0.4) is 0 Å². The van der Waals surface area contributed by atoms with Crippen molar-refractivity contribution in [3.05, 3.63) is 6.42 Å². The highest BCUT2D eigenvalue weighted by Crippen LogP contribution is 2.27. The molecule has 12 heavy (non-hydrogen) atoms. The van der Waals surface area contributed by atoms with E-state index in [0.717, 1.165) is 12.3 Å². The van der Waals surface area contributed by atoms with Crippen LogP contribution in [0.15, 0.2) is 0 Å². The minimum atomic E-state index is 0.361. The fraction of sp³-hybridized carbons (Fsp3) is 0.778. The average Bonchev–Trinajstić information content (AvgIpc) is 2.57. The van der Waals surface area contributed by atoms with Crippen LogP contribution < -0.4 is 0 Å². The van der Waals surface area contributed by atoms with Crippen molar-refractivity contribution < 1.29 is 10.0 Å². The van der Waals surface area contributed by atoms with Crippen LogP contribution in [0.4, 0.5) is 0 Å². The van der Waals surface area contributed by atoms with E-state index in [-0.39, 0.29) is 0 Å². The quantitative estimate of drug-likeness (QED) is 0.387. The van der Waals surface area contributed by atoms with Crippen LogP contribution in [-0.4, -0.2) is 23.2 Å². The molecule has 69 valence electrons. The Labute approximate surface area is 73.3 Å². The zero-order valence-electron chi connectivity index (χ0n) is 7.28. The molecule has 1 N–H and O–H groups in total. The van der Waals surface area contributed by atoms with Gasteiger partial charge in [0.25, 0.3) is 0 Å². The van der Waals surface area contributed by atoms with Crippen LogP contribution in [0.25, 0.3) is 0 Å². The topological polar surface area (TPSA) is 40.5 Å². The molecule has 0 spiro atoms. The fourth-order valence-corrected chi connectivity index (χ4v) is 1.73. The summed E-state index contributed by atoms with van der Waals surface area (Å²) in [7, 11) is 0. The van der Waals surface area contributed by atoms with Gasteiger partial charge in [-0.2, -0.15) is 0 Å². The molecule has 0 unspecified atom stereocenters. The maximum atomic E-state index is 9.99. The van der Waals surface area contributed by atoms with Crippen LogP contribution in [0, 0.1) is 12.3 Å². The van der Waals surface area contributed by atoms with E-state index < -0.39 is 0 Å². The minimum absolute atomic E-state index is 0.361. The molecule has 1 aliphatic rings. The maximum Gasteiger partial charge on any atom is 0.233 e. The number of rotatable bonds is 5. The van der Waals surface area contributed by atoms with Gasteiger partial charge in [-0.25, -0.2) is 5.06 Å². The van der Waals surface area contributed by atoms with E-state index in [1.165, 1.54) is 25.7 Å². The lowest BCUT2D eigenvalue weighted by Crippen LogP contribution is -2.18. The molecule has 0 aromatic heterocycles. The Kier molecular flexibility index (Phi) is 4.08. The van der Waals surface area contributed by atoms with Gasteiger partial charge in [-0.1, -0.05) is 25.7 Å². The standard InChI is InChI=1S/C9H16NO2/c11-8-10(12)7-3-6-9-4-1-2-5-9/h3,8-9,12H,1-2,4-7H2. The Morgan fingerprint density at radius 3 is 2.67 bits per heavy atom. The molecule has 0 aliphatic heterocycles. The van der Waals surface area contributed by atoms with Gasteiger partial charge in [-0.3, -0.25) is 10.0 Å². The van der Waals surface area contributed by atoms with E-state index in [9.17, 15) is 4.79 Å². The Balaban J connectivity index is 1.97. The predicted molar refractivity (Wildman–Crippen MR) is 45.4 cm³/mol. The summed E-state index contributed by atoms with van der Waals surface area (Å²) in [6, 6.07) is 0. The highest BCUT2D eigenvalue weighted by molar-refractivity contribution is 5.44. The number of hydrogen-bond donors (Lipinski definition) is 1. The molecule has 1 aliphatic carbocycles. The molecule has 3 heteroatoms. The first-order chi connectivity index (χ1) is 5.83. The van der Waals surface area contributed by atoms with Crippen LogP contribution in [0.5, 0.6) is 0 Å². The summed E-state index contributed by atoms with van der Waals surface area (Å²) in [5.74, 6) is 0.796. The third kappa shape index (κ3) is 3.22. The van der Waals surface area contributed by atoms with Gasteiger partial charge in [0.15, 0.2) is 0 Å². The Morgan fingerprint density at radius 2 is 2.08 bits per heavy atom. The predicted octanol–water partition coefficient (Wildman–Crippen LogP) is 1.62. The molecule has 0 aromatic rings. The van der Waals surface area contributed by atoms with Gasteiger partial charge in [0.1, 0.15) is 0 Å². The SMILES string of the molecule is O=CN(O)C[CH]CC1CCCC1. The molecule has 1 fully saturated rings. The first-order valence-corrected chi connectivity index (χ1v) is 4.55. The lowest BCUT2D eigenvalue weighted by molar-refractivity contribution is -0.148. The normalized spacial score (nSPS) is 18.1. The number of carbonyl (C=O) groups excluding carboxylic acids is 1. The van der Waals surface area contributed by atoms with Crippen LogP contribution in [0.2, 0.25) is 0 Å². The van der Waals surface area contributed by atoms with Crippen molar-refractivity contribution in [1.82, 2.24) is 5.06 Å². The molecule has 1 amide bonds. The summed E-state index contributed by atoms with van der Waals surface area (Å²) < 4.78 is 0. The zero-order chi connectivity index (χ0) is 8.81. The minimum Gasteiger partial charge on any atom is -0.286 e. The summed E-state index contributed by atoms with van der Waals surface area (Å²) in [6.45, 7) is 0.361. The fourth-order valence-electron chi connectivity index (χ4n) is 1.73. The molecule has 3 nitrogen and oxygen atoms in total. The lowest BCUT2D eigenvalue weighted by Gasteiger charge is -2.10. The molecule has 0 heterocycles. The van der Waals surface area contributed by atoms with Gasteiger partial charge in [0.05, 0.1) is 6.54 Å². The number of amides is 1. The van der Waals surface area contributed by atoms with E-state index in [2.05, 4.69) is 0 Å². The van der Waals surface area contributed by atoms with Crippen molar-refractivity contribution >= 4 is 6.41 Å². The van der Waals surface area contributed by atoms with Gasteiger partial charge < -0.3 is 0 Å². The molecule has 0 bridgehead atoms. The van der Waals surface area contributed by atoms with E-state index in [4.69, 9.17) is 5.21 Å². The van der Waals surface area contributed by atoms with Gasteiger partial charge in [-0.15, -0.1) is 0 Å². The summed E-state index contributed by atoms with van der Waals surface area (Å²) in [5.41, 5.74) is 0. The van der Waals surface area contributed by atoms with E-state index in [1.54, 1.807) is 0 Å². The molecule has 0 atom stereocenters. The summed E-state index contributed by atoms with van der Waals surface area (Å²) >= 11 is 0. The van der Waals surface area contributed by atoms with Crippen molar-refractivity contribution in [3.63, 3.8) is 0 Å². The van der Waals surface area contributed by atoms with Gasteiger partial charge in [0, 0.05) is 0 Å². The monoisotopic (exact) mass is 170 g/mol. The molecular weight excluding hydrogens is 154 g/mol. The third-order valence-corrected chi connectivity index (χ3v) is 2.41. The smallest absolute Gasteiger partial charge is 0.233 e. The first kappa shape index (κ1) is 9.52. The highest BCUT2D eigenvalue weighted by Gasteiger charge is 2.14. The van der Waals surface area contributed by atoms with Gasteiger partial charge in [-0.05, 0) is 18.8 Å². The average molecular weight is 170 g/mol. The van der Waals surface area contributed by atoms with E-state index in [1.807, 2.05) is 6.42 Å². The van der Waals surface area contributed by atoms with Crippen molar-refractivity contribution in [3.8, 4) is 0 Å². The van der Waals surface area contributed by atoms with Crippen molar-refractivity contribution in [2.45, 2.75) is 32.1 Å². The molecule has 1 saturated carbocycles. The second kappa shape index (κ2) is 5.14. The number of hydroxylamine groups is 2. The first-order valence-electron chi connectivity index (χ1n) is 4.55. The lowest BCUT2D eigenvalue weighted by atomic mass is 10.0. The summed E-state index contributed by atoms with van der Waals surface area (Å²) in [5, 5.41) is 9.44. The van der Waals surface area contributed by atoms with Crippen LogP contribution in [0.1, 0.15) is 32.1 Å². The van der Waals surface area contributed by atoms with Crippen molar-refractivity contribution in [1.29, 1.82) is 0 Å². The number of carbonyl (C=O) groups is 1. The van der Waals surface area contributed by atoms with E-state index in [0.29, 0.717) is 18.0 Å². The largest absolute Gasteiger partial charge is 0.286 e. The Hall–Kier alpha value is -0.570. The van der Waals surface area contributed by atoms with Crippen LogP contribution in [-0.2, 0) is 4.79 Å². The zero-order valence-corrected chi connectivity index (χ0v) is 7.28. The molecule has 1 radical (unpaired) electrons. The summed E-state index contributed by atoms with van der Waals surface area (Å²) in [4.78, 5) is 9.99. The van der Waals surface area contributed by atoms with Crippen molar-refractivity contribution in [2.24, 2.45) is 5.92 Å². The Morgan fingerprint density at radius 1 is 1.42 bits per heavy atom. The number of nitrogens with zero attached hydrogens (tertiary/aromatic N) is 1.